The fourth-order valence-electron chi connectivity index (χ4n) is 2.46. The minimum Gasteiger partial charge on any atom is -0.490 e. The predicted octanol–water partition coefficient (Wildman–Crippen LogP) is 3.99. The van der Waals surface area contributed by atoms with Crippen LogP contribution in [0, 0.1) is 0 Å². The molecule has 3 heteroatoms. The summed E-state index contributed by atoms with van der Waals surface area (Å²) < 4.78 is 6.10. The van der Waals surface area contributed by atoms with Crippen LogP contribution in [0.1, 0.15) is 51.0 Å². The van der Waals surface area contributed by atoms with Crippen LogP contribution in [0.25, 0.3) is 0 Å². The van der Waals surface area contributed by atoms with Gasteiger partial charge in [-0.1, -0.05) is 30.1 Å². The maximum absolute atomic E-state index is 8.90. The van der Waals surface area contributed by atoms with Crippen molar-refractivity contribution in [3.8, 4) is 5.75 Å². The number of benzene rings is 1. The van der Waals surface area contributed by atoms with Gasteiger partial charge in [0.1, 0.15) is 5.75 Å². The van der Waals surface area contributed by atoms with Gasteiger partial charge in [-0.3, -0.25) is 0 Å². The van der Waals surface area contributed by atoms with Crippen LogP contribution in [0.3, 0.4) is 0 Å². The van der Waals surface area contributed by atoms with E-state index in [1.807, 2.05) is 24.3 Å². The number of para-hydroxylation sites is 1. The number of ether oxygens (including phenoxy) is 1. The molecule has 0 aliphatic heterocycles. The van der Waals surface area contributed by atoms with Gasteiger partial charge in [0.2, 0.25) is 0 Å². The third kappa shape index (κ3) is 3.25. The van der Waals surface area contributed by atoms with Crippen LogP contribution in [0.4, 0.5) is 0 Å². The number of nitrogens with zero attached hydrogens (tertiary/aromatic N) is 1. The fourth-order valence-corrected chi connectivity index (χ4v) is 2.46. The molecule has 98 valence electrons. The summed E-state index contributed by atoms with van der Waals surface area (Å²) in [6.07, 6.45) is 7.70. The van der Waals surface area contributed by atoms with Crippen LogP contribution in [-0.2, 0) is 0 Å². The van der Waals surface area contributed by atoms with Gasteiger partial charge < -0.3 is 9.94 Å². The molecule has 0 radical (unpaired) electrons. The van der Waals surface area contributed by atoms with E-state index < -0.39 is 0 Å². The molecule has 3 nitrogen and oxygen atoms in total. The van der Waals surface area contributed by atoms with Crippen molar-refractivity contribution in [1.82, 2.24) is 0 Å². The van der Waals surface area contributed by atoms with Crippen molar-refractivity contribution in [1.29, 1.82) is 0 Å². The van der Waals surface area contributed by atoms with Crippen LogP contribution in [0.2, 0.25) is 0 Å². The maximum Gasteiger partial charge on any atom is 0.128 e. The molecule has 0 atom stereocenters. The van der Waals surface area contributed by atoms with Crippen molar-refractivity contribution in [2.45, 2.75) is 51.6 Å². The van der Waals surface area contributed by atoms with Gasteiger partial charge >= 0.3 is 0 Å². The molecule has 0 bridgehead atoms. The zero-order valence-electron chi connectivity index (χ0n) is 10.9. The normalized spacial score (nSPS) is 18.4. The van der Waals surface area contributed by atoms with E-state index in [4.69, 9.17) is 9.94 Å². The van der Waals surface area contributed by atoms with E-state index in [0.717, 1.165) is 24.2 Å². The highest BCUT2D eigenvalue weighted by Crippen LogP contribution is 2.25. The van der Waals surface area contributed by atoms with Crippen molar-refractivity contribution < 1.29 is 9.94 Å². The Morgan fingerprint density at radius 2 is 1.83 bits per heavy atom. The second kappa shape index (κ2) is 6.43. The third-order valence-electron chi connectivity index (χ3n) is 3.52. The van der Waals surface area contributed by atoms with Gasteiger partial charge in [0.15, 0.2) is 0 Å². The Bertz CT molecular complexity index is 407. The molecule has 0 heterocycles. The topological polar surface area (TPSA) is 41.8 Å². The number of hydrogen-bond acceptors (Lipinski definition) is 3. The first-order valence-electron chi connectivity index (χ1n) is 6.76. The molecule has 1 aromatic rings. The zero-order chi connectivity index (χ0) is 12.8. The smallest absolute Gasteiger partial charge is 0.128 e. The molecule has 1 fully saturated rings. The summed E-state index contributed by atoms with van der Waals surface area (Å²) >= 11 is 0. The van der Waals surface area contributed by atoms with Crippen molar-refractivity contribution in [3.63, 3.8) is 0 Å². The first-order valence-corrected chi connectivity index (χ1v) is 6.76. The Morgan fingerprint density at radius 3 is 2.50 bits per heavy atom. The Morgan fingerprint density at radius 1 is 1.17 bits per heavy atom. The molecule has 0 amide bonds. The first kappa shape index (κ1) is 12.9. The lowest BCUT2D eigenvalue weighted by molar-refractivity contribution is 0.183. The molecular formula is C15H21NO2. The van der Waals surface area contributed by atoms with Gasteiger partial charge in [-0.2, -0.15) is 0 Å². The second-order valence-electron chi connectivity index (χ2n) is 4.91. The van der Waals surface area contributed by atoms with Crippen LogP contribution >= 0.6 is 0 Å². The molecule has 0 saturated heterocycles. The lowest BCUT2D eigenvalue weighted by Crippen LogP contribution is -2.16. The Labute approximate surface area is 108 Å². The largest absolute Gasteiger partial charge is 0.490 e. The van der Waals surface area contributed by atoms with Gasteiger partial charge in [-0.25, -0.2) is 0 Å². The van der Waals surface area contributed by atoms with Gasteiger partial charge in [-0.05, 0) is 44.7 Å². The highest BCUT2D eigenvalue weighted by atomic mass is 16.5. The van der Waals surface area contributed by atoms with E-state index in [-0.39, 0.29) is 0 Å². The molecule has 0 unspecified atom stereocenters. The number of oxime groups is 1. The van der Waals surface area contributed by atoms with Crippen LogP contribution in [0.15, 0.2) is 29.4 Å². The van der Waals surface area contributed by atoms with Crippen molar-refractivity contribution in [2.75, 3.05) is 0 Å². The summed E-state index contributed by atoms with van der Waals surface area (Å²) in [7, 11) is 0. The number of rotatable bonds is 3. The maximum atomic E-state index is 8.90. The van der Waals surface area contributed by atoms with E-state index in [9.17, 15) is 0 Å². The minimum atomic E-state index is 0.306. The van der Waals surface area contributed by atoms with Crippen molar-refractivity contribution >= 4 is 5.71 Å². The van der Waals surface area contributed by atoms with E-state index in [0.29, 0.717) is 11.8 Å². The summed E-state index contributed by atoms with van der Waals surface area (Å²) in [5.41, 5.74) is 1.48. The Balaban J connectivity index is 2.12. The Hall–Kier alpha value is -1.51. The molecule has 0 spiro atoms. The first-order chi connectivity index (χ1) is 8.81. The average Bonchev–Trinajstić information content (AvgIpc) is 2.67. The molecule has 2 rings (SSSR count). The van der Waals surface area contributed by atoms with Gasteiger partial charge in [-0.15, -0.1) is 0 Å². The van der Waals surface area contributed by atoms with E-state index >= 15 is 0 Å². The highest BCUT2D eigenvalue weighted by Gasteiger charge is 2.16. The van der Waals surface area contributed by atoms with E-state index in [1.165, 1.54) is 25.7 Å². The third-order valence-corrected chi connectivity index (χ3v) is 3.52. The Kier molecular flexibility index (Phi) is 4.62. The molecule has 1 aliphatic rings. The van der Waals surface area contributed by atoms with Crippen LogP contribution in [-0.4, -0.2) is 17.0 Å². The predicted molar refractivity (Wildman–Crippen MR) is 72.6 cm³/mol. The standard InChI is InChI=1S/C15H21NO2/c1-12(16-17)14-10-6-7-11-15(14)18-13-8-4-2-3-5-9-13/h6-7,10-11,13,17H,2-5,8-9H2,1H3/b16-12-. The molecule has 1 saturated carbocycles. The number of hydrogen-bond donors (Lipinski definition) is 1. The molecule has 1 aliphatic carbocycles. The molecule has 18 heavy (non-hydrogen) atoms. The van der Waals surface area contributed by atoms with Crippen LogP contribution in [0.5, 0.6) is 5.75 Å². The SMILES string of the molecule is C/C(=N/O)c1ccccc1OC1CCCCCC1. The summed E-state index contributed by atoms with van der Waals surface area (Å²) in [6, 6.07) is 7.78. The monoisotopic (exact) mass is 247 g/mol. The minimum absolute atomic E-state index is 0.306. The van der Waals surface area contributed by atoms with Crippen LogP contribution < -0.4 is 4.74 Å². The molecule has 1 N–H and O–H groups in total. The summed E-state index contributed by atoms with van der Waals surface area (Å²) in [6.45, 7) is 1.79. The van der Waals surface area contributed by atoms with Gasteiger partial charge in [0, 0.05) is 5.56 Å². The highest BCUT2D eigenvalue weighted by molar-refractivity contribution is 6.00. The second-order valence-corrected chi connectivity index (χ2v) is 4.91. The van der Waals surface area contributed by atoms with Crippen molar-refractivity contribution in [3.05, 3.63) is 29.8 Å². The van der Waals surface area contributed by atoms with Crippen molar-refractivity contribution in [2.24, 2.45) is 5.16 Å². The lowest BCUT2D eigenvalue weighted by atomic mass is 10.1. The fraction of sp³-hybridized carbons (Fsp3) is 0.533. The molecular weight excluding hydrogens is 226 g/mol. The summed E-state index contributed by atoms with van der Waals surface area (Å²) in [4.78, 5) is 0. The lowest BCUT2D eigenvalue weighted by Gasteiger charge is -2.19. The molecule has 1 aromatic carbocycles. The quantitative estimate of drug-likeness (QED) is 0.380. The summed E-state index contributed by atoms with van der Waals surface area (Å²) in [5, 5.41) is 12.2. The summed E-state index contributed by atoms with van der Waals surface area (Å²) in [5.74, 6) is 0.833. The molecule has 0 aromatic heterocycles. The van der Waals surface area contributed by atoms with Gasteiger partial charge in [0.05, 0.1) is 11.8 Å². The van der Waals surface area contributed by atoms with E-state index in [2.05, 4.69) is 5.16 Å². The average molecular weight is 247 g/mol. The van der Waals surface area contributed by atoms with Gasteiger partial charge in [0.25, 0.3) is 0 Å². The van der Waals surface area contributed by atoms with E-state index in [1.54, 1.807) is 6.92 Å². The zero-order valence-corrected chi connectivity index (χ0v) is 10.9.